The summed E-state index contributed by atoms with van der Waals surface area (Å²) < 4.78 is 0. The fourth-order valence-electron chi connectivity index (χ4n) is 3.64. The second-order valence-corrected chi connectivity index (χ2v) is 6.47. The Morgan fingerprint density at radius 3 is 2.25 bits per heavy atom. The van der Waals surface area contributed by atoms with Gasteiger partial charge in [-0.3, -0.25) is 0 Å². The first kappa shape index (κ1) is 14.1. The molecule has 1 aliphatic rings. The van der Waals surface area contributed by atoms with Crippen molar-refractivity contribution in [1.29, 1.82) is 0 Å². The van der Waals surface area contributed by atoms with Crippen LogP contribution in [-0.2, 0) is 0 Å². The molecule has 96 valence electrons. The van der Waals surface area contributed by atoms with Gasteiger partial charge >= 0.3 is 0 Å². The van der Waals surface area contributed by atoms with Crippen molar-refractivity contribution in [1.82, 2.24) is 0 Å². The van der Waals surface area contributed by atoms with Crippen molar-refractivity contribution in [3.05, 3.63) is 0 Å². The first-order valence-electron chi connectivity index (χ1n) is 7.65. The molecule has 3 atom stereocenters. The van der Waals surface area contributed by atoms with Gasteiger partial charge in [0.2, 0.25) is 0 Å². The van der Waals surface area contributed by atoms with Gasteiger partial charge in [-0.2, -0.15) is 0 Å². The third kappa shape index (κ3) is 4.89. The van der Waals surface area contributed by atoms with Gasteiger partial charge in [-0.1, -0.05) is 59.8 Å². The van der Waals surface area contributed by atoms with E-state index in [1.807, 2.05) is 0 Å². The zero-order valence-corrected chi connectivity index (χ0v) is 12.0. The van der Waals surface area contributed by atoms with Crippen LogP contribution in [0.3, 0.4) is 0 Å². The fourth-order valence-corrected chi connectivity index (χ4v) is 3.64. The zero-order valence-electron chi connectivity index (χ0n) is 12.0. The summed E-state index contributed by atoms with van der Waals surface area (Å²) >= 11 is 0. The topological polar surface area (TPSA) is 0 Å². The van der Waals surface area contributed by atoms with Gasteiger partial charge in [0, 0.05) is 0 Å². The molecule has 0 amide bonds. The van der Waals surface area contributed by atoms with Crippen molar-refractivity contribution in [3.63, 3.8) is 0 Å². The van der Waals surface area contributed by atoms with Crippen molar-refractivity contribution in [2.24, 2.45) is 23.7 Å². The minimum absolute atomic E-state index is 0.889. The minimum Gasteiger partial charge on any atom is -0.0654 e. The molecule has 16 heavy (non-hydrogen) atoms. The molecule has 0 heterocycles. The van der Waals surface area contributed by atoms with Crippen LogP contribution >= 0.6 is 0 Å². The molecule has 1 saturated carbocycles. The normalized spacial score (nSPS) is 27.6. The maximum Gasteiger partial charge on any atom is -0.0409 e. The van der Waals surface area contributed by atoms with E-state index in [2.05, 4.69) is 27.7 Å². The molecule has 0 saturated heterocycles. The number of rotatable bonds is 7. The van der Waals surface area contributed by atoms with Crippen LogP contribution < -0.4 is 0 Å². The molecule has 0 spiro atoms. The molecular formula is C16H32. The second kappa shape index (κ2) is 7.35. The lowest BCUT2D eigenvalue weighted by Gasteiger charge is -2.22. The molecular weight excluding hydrogens is 192 g/mol. The van der Waals surface area contributed by atoms with Crippen LogP contribution in [0.2, 0.25) is 0 Å². The van der Waals surface area contributed by atoms with E-state index in [1.165, 1.54) is 51.4 Å². The highest BCUT2D eigenvalue weighted by molar-refractivity contribution is 4.77. The predicted octanol–water partition coefficient (Wildman–Crippen LogP) is 5.67. The van der Waals surface area contributed by atoms with Crippen LogP contribution in [0.15, 0.2) is 0 Å². The average molecular weight is 224 g/mol. The Kier molecular flexibility index (Phi) is 6.46. The molecule has 0 nitrogen and oxygen atoms in total. The van der Waals surface area contributed by atoms with Gasteiger partial charge in [0.05, 0.1) is 0 Å². The van der Waals surface area contributed by atoms with E-state index < -0.39 is 0 Å². The Balaban J connectivity index is 2.31. The molecule has 1 fully saturated rings. The second-order valence-electron chi connectivity index (χ2n) is 6.47. The molecule has 0 bridgehead atoms. The van der Waals surface area contributed by atoms with Crippen LogP contribution in [0, 0.1) is 23.7 Å². The van der Waals surface area contributed by atoms with Crippen LogP contribution in [-0.4, -0.2) is 0 Å². The Labute approximate surface area is 103 Å². The number of hydrogen-bond donors (Lipinski definition) is 0. The van der Waals surface area contributed by atoms with E-state index in [0.29, 0.717) is 0 Å². The highest BCUT2D eigenvalue weighted by Crippen LogP contribution is 2.38. The third-order valence-electron chi connectivity index (χ3n) is 4.40. The Morgan fingerprint density at radius 2 is 1.75 bits per heavy atom. The monoisotopic (exact) mass is 224 g/mol. The predicted molar refractivity (Wildman–Crippen MR) is 73.6 cm³/mol. The lowest BCUT2D eigenvalue weighted by Crippen LogP contribution is -2.10. The maximum atomic E-state index is 2.38. The van der Waals surface area contributed by atoms with E-state index in [4.69, 9.17) is 0 Å². The Hall–Kier alpha value is 0. The standard InChI is InChI=1S/C16H32/c1-5-7-15(10-13(3)4)12-16-9-8-14(6-2)11-16/h13-16H,5-12H2,1-4H3. The van der Waals surface area contributed by atoms with Gasteiger partial charge in [0.1, 0.15) is 0 Å². The van der Waals surface area contributed by atoms with Crippen LogP contribution in [0.4, 0.5) is 0 Å². The molecule has 1 rings (SSSR count). The Morgan fingerprint density at radius 1 is 1.06 bits per heavy atom. The summed E-state index contributed by atoms with van der Waals surface area (Å²) in [4.78, 5) is 0. The molecule has 0 N–H and O–H groups in total. The minimum atomic E-state index is 0.889. The average Bonchev–Trinajstić information content (AvgIpc) is 2.65. The summed E-state index contributed by atoms with van der Waals surface area (Å²) in [6.45, 7) is 9.47. The molecule has 0 aliphatic heterocycles. The lowest BCUT2D eigenvalue weighted by atomic mass is 9.84. The van der Waals surface area contributed by atoms with Gasteiger partial charge in [0.15, 0.2) is 0 Å². The van der Waals surface area contributed by atoms with Gasteiger partial charge < -0.3 is 0 Å². The van der Waals surface area contributed by atoms with E-state index in [-0.39, 0.29) is 0 Å². The Bertz CT molecular complexity index is 171. The van der Waals surface area contributed by atoms with Crippen molar-refractivity contribution < 1.29 is 0 Å². The van der Waals surface area contributed by atoms with Gasteiger partial charge in [-0.15, -0.1) is 0 Å². The van der Waals surface area contributed by atoms with Crippen molar-refractivity contribution in [2.45, 2.75) is 79.1 Å². The smallest absolute Gasteiger partial charge is 0.0409 e. The van der Waals surface area contributed by atoms with Crippen LogP contribution in [0.1, 0.15) is 79.1 Å². The first-order chi connectivity index (χ1) is 7.65. The van der Waals surface area contributed by atoms with Crippen LogP contribution in [0.5, 0.6) is 0 Å². The summed E-state index contributed by atoms with van der Waals surface area (Å²) in [7, 11) is 0. The summed E-state index contributed by atoms with van der Waals surface area (Å²) in [5.41, 5.74) is 0. The van der Waals surface area contributed by atoms with E-state index in [0.717, 1.165) is 23.7 Å². The zero-order chi connectivity index (χ0) is 12.0. The van der Waals surface area contributed by atoms with E-state index in [9.17, 15) is 0 Å². The molecule has 0 aromatic carbocycles. The van der Waals surface area contributed by atoms with Crippen LogP contribution in [0.25, 0.3) is 0 Å². The van der Waals surface area contributed by atoms with Gasteiger partial charge in [-0.25, -0.2) is 0 Å². The summed E-state index contributed by atoms with van der Waals surface area (Å²) in [6, 6.07) is 0. The van der Waals surface area contributed by atoms with E-state index >= 15 is 0 Å². The molecule has 0 heteroatoms. The first-order valence-corrected chi connectivity index (χ1v) is 7.65. The molecule has 0 aromatic heterocycles. The molecule has 0 aromatic rings. The van der Waals surface area contributed by atoms with Crippen molar-refractivity contribution in [3.8, 4) is 0 Å². The number of hydrogen-bond acceptors (Lipinski definition) is 0. The van der Waals surface area contributed by atoms with Crippen molar-refractivity contribution >= 4 is 0 Å². The summed E-state index contributed by atoms with van der Waals surface area (Å²) in [5, 5.41) is 0. The van der Waals surface area contributed by atoms with Gasteiger partial charge in [0.25, 0.3) is 0 Å². The third-order valence-corrected chi connectivity index (χ3v) is 4.40. The maximum absolute atomic E-state index is 2.38. The molecule has 1 aliphatic carbocycles. The SMILES string of the molecule is CCCC(CC(C)C)CC1CCC(CC)C1. The van der Waals surface area contributed by atoms with E-state index in [1.54, 1.807) is 0 Å². The summed E-state index contributed by atoms with van der Waals surface area (Å²) in [6.07, 6.45) is 11.8. The highest BCUT2D eigenvalue weighted by atomic mass is 14.3. The van der Waals surface area contributed by atoms with Gasteiger partial charge in [-0.05, 0) is 42.9 Å². The quantitative estimate of drug-likeness (QED) is 0.523. The van der Waals surface area contributed by atoms with Crippen molar-refractivity contribution in [2.75, 3.05) is 0 Å². The summed E-state index contributed by atoms with van der Waals surface area (Å²) in [5.74, 6) is 4.04. The highest BCUT2D eigenvalue weighted by Gasteiger charge is 2.25. The largest absolute Gasteiger partial charge is 0.0654 e. The fraction of sp³-hybridized carbons (Fsp3) is 1.00. The lowest BCUT2D eigenvalue weighted by molar-refractivity contribution is 0.299. The molecule has 0 radical (unpaired) electrons. The molecule has 3 unspecified atom stereocenters.